The molecule has 0 spiro atoms. The van der Waals surface area contributed by atoms with Gasteiger partial charge in [0.1, 0.15) is 0 Å². The predicted molar refractivity (Wildman–Crippen MR) is 61.0 cm³/mol. The molecular formula is C9H10N2OS2. The van der Waals surface area contributed by atoms with E-state index in [9.17, 15) is 0 Å². The summed E-state index contributed by atoms with van der Waals surface area (Å²) in [4.78, 5) is 0.625. The Labute approximate surface area is 90.7 Å². The fraction of sp³-hybridized carbons (Fsp3) is 0.222. The summed E-state index contributed by atoms with van der Waals surface area (Å²) in [7, 11) is 0. The lowest BCUT2D eigenvalue weighted by Crippen LogP contribution is -2.15. The number of fused-ring (bicyclic) bond motifs is 1. The van der Waals surface area contributed by atoms with Gasteiger partial charge in [0, 0.05) is 12.3 Å². The van der Waals surface area contributed by atoms with Gasteiger partial charge in [-0.05, 0) is 12.1 Å². The second kappa shape index (κ2) is 4.06. The van der Waals surface area contributed by atoms with E-state index in [1.54, 1.807) is 0 Å². The van der Waals surface area contributed by atoms with Gasteiger partial charge in [0.25, 0.3) is 0 Å². The molecule has 0 aliphatic carbocycles. The SMILES string of the molecule is ON=c1sc2ccccc2n1CCS. The van der Waals surface area contributed by atoms with Gasteiger partial charge in [0.05, 0.1) is 10.2 Å². The van der Waals surface area contributed by atoms with Crippen molar-refractivity contribution in [2.24, 2.45) is 5.16 Å². The Morgan fingerprint density at radius 2 is 2.21 bits per heavy atom. The number of thiazole rings is 1. The normalized spacial score (nSPS) is 12.5. The monoisotopic (exact) mass is 226 g/mol. The van der Waals surface area contributed by atoms with E-state index in [-0.39, 0.29) is 0 Å². The fourth-order valence-corrected chi connectivity index (χ4v) is 2.58. The van der Waals surface area contributed by atoms with Crippen LogP contribution in [-0.4, -0.2) is 15.5 Å². The van der Waals surface area contributed by atoms with Crippen molar-refractivity contribution >= 4 is 34.2 Å². The number of hydrogen-bond acceptors (Lipinski definition) is 4. The molecule has 14 heavy (non-hydrogen) atoms. The average Bonchev–Trinajstić information content (AvgIpc) is 2.58. The smallest absolute Gasteiger partial charge is 0.228 e. The van der Waals surface area contributed by atoms with E-state index < -0.39 is 0 Å². The van der Waals surface area contributed by atoms with Crippen LogP contribution in [0.15, 0.2) is 29.4 Å². The predicted octanol–water partition coefficient (Wildman–Crippen LogP) is 1.92. The third-order valence-electron chi connectivity index (χ3n) is 2.00. The standard InChI is InChI=1S/C9H10N2OS2/c12-10-9-11(5-6-13)7-3-1-2-4-8(7)14-9/h1-4,12-13H,5-6H2. The number of rotatable bonds is 2. The first kappa shape index (κ1) is 9.61. The van der Waals surface area contributed by atoms with E-state index in [0.29, 0.717) is 4.80 Å². The zero-order chi connectivity index (χ0) is 9.97. The summed E-state index contributed by atoms with van der Waals surface area (Å²) in [6.07, 6.45) is 0. The van der Waals surface area contributed by atoms with Crippen molar-refractivity contribution in [2.45, 2.75) is 6.54 Å². The van der Waals surface area contributed by atoms with Gasteiger partial charge in [0.15, 0.2) is 0 Å². The molecule has 1 N–H and O–H groups in total. The molecule has 5 heteroatoms. The second-order valence-corrected chi connectivity index (χ2v) is 4.28. The van der Waals surface area contributed by atoms with Gasteiger partial charge in [-0.25, -0.2) is 0 Å². The van der Waals surface area contributed by atoms with Crippen LogP contribution in [0.1, 0.15) is 0 Å². The Morgan fingerprint density at radius 3 is 2.93 bits per heavy atom. The number of benzene rings is 1. The lowest BCUT2D eigenvalue weighted by molar-refractivity contribution is 0.297. The minimum Gasteiger partial charge on any atom is -0.408 e. The molecule has 0 atom stereocenters. The molecule has 0 saturated carbocycles. The van der Waals surface area contributed by atoms with Crippen molar-refractivity contribution in [3.8, 4) is 0 Å². The van der Waals surface area contributed by atoms with Gasteiger partial charge in [0.2, 0.25) is 4.80 Å². The number of thiol groups is 1. The first-order valence-corrected chi connectivity index (χ1v) is 5.69. The summed E-state index contributed by atoms with van der Waals surface area (Å²) in [5.41, 5.74) is 1.10. The largest absolute Gasteiger partial charge is 0.408 e. The van der Waals surface area contributed by atoms with Crippen molar-refractivity contribution in [3.05, 3.63) is 29.1 Å². The highest BCUT2D eigenvalue weighted by atomic mass is 32.1. The van der Waals surface area contributed by atoms with Crippen molar-refractivity contribution in [3.63, 3.8) is 0 Å². The molecule has 1 aromatic heterocycles. The molecule has 0 bridgehead atoms. The van der Waals surface area contributed by atoms with Gasteiger partial charge in [-0.2, -0.15) is 12.6 Å². The summed E-state index contributed by atoms with van der Waals surface area (Å²) in [6, 6.07) is 7.99. The topological polar surface area (TPSA) is 37.5 Å². The van der Waals surface area contributed by atoms with Crippen LogP contribution in [-0.2, 0) is 6.54 Å². The van der Waals surface area contributed by atoms with Gasteiger partial charge >= 0.3 is 0 Å². The van der Waals surface area contributed by atoms with Crippen molar-refractivity contribution in [1.82, 2.24) is 4.57 Å². The molecule has 2 aromatic rings. The molecular weight excluding hydrogens is 216 g/mol. The second-order valence-electron chi connectivity index (χ2n) is 2.83. The van der Waals surface area contributed by atoms with Crippen molar-refractivity contribution < 1.29 is 5.21 Å². The Bertz CT molecular complexity index is 501. The lowest BCUT2D eigenvalue weighted by Gasteiger charge is -2.00. The maximum absolute atomic E-state index is 8.84. The number of aromatic nitrogens is 1. The third-order valence-corrected chi connectivity index (χ3v) is 3.25. The van der Waals surface area contributed by atoms with Crippen LogP contribution in [0.5, 0.6) is 0 Å². The molecule has 0 saturated heterocycles. The summed E-state index contributed by atoms with van der Waals surface area (Å²) in [6.45, 7) is 0.756. The zero-order valence-corrected chi connectivity index (χ0v) is 9.13. The first-order valence-electron chi connectivity index (χ1n) is 4.24. The van der Waals surface area contributed by atoms with E-state index in [1.165, 1.54) is 11.3 Å². The molecule has 3 nitrogen and oxygen atoms in total. The summed E-state index contributed by atoms with van der Waals surface area (Å²) < 4.78 is 3.09. The van der Waals surface area contributed by atoms with Crippen LogP contribution in [0.2, 0.25) is 0 Å². The highest BCUT2D eigenvalue weighted by molar-refractivity contribution is 7.80. The van der Waals surface area contributed by atoms with E-state index in [2.05, 4.69) is 17.8 Å². The fourth-order valence-electron chi connectivity index (χ4n) is 1.41. The van der Waals surface area contributed by atoms with E-state index >= 15 is 0 Å². The Hall–Kier alpha value is -0.940. The Kier molecular flexibility index (Phi) is 2.79. The minimum absolute atomic E-state index is 0.625. The molecule has 0 unspecified atom stereocenters. The number of aryl methyl sites for hydroxylation is 1. The van der Waals surface area contributed by atoms with Crippen molar-refractivity contribution in [1.29, 1.82) is 0 Å². The molecule has 0 radical (unpaired) electrons. The summed E-state index contributed by atoms with van der Waals surface area (Å²) in [5, 5.41) is 12.1. The first-order chi connectivity index (χ1) is 6.86. The van der Waals surface area contributed by atoms with E-state index in [1.807, 2.05) is 28.8 Å². The van der Waals surface area contributed by atoms with Gasteiger partial charge in [-0.15, -0.1) is 0 Å². The maximum atomic E-state index is 8.84. The van der Waals surface area contributed by atoms with Crippen LogP contribution >= 0.6 is 24.0 Å². The van der Waals surface area contributed by atoms with Gasteiger partial charge in [-0.3, -0.25) is 0 Å². The average molecular weight is 226 g/mol. The molecule has 74 valence electrons. The third kappa shape index (κ3) is 1.53. The number of hydrogen-bond donors (Lipinski definition) is 2. The number of nitrogens with zero attached hydrogens (tertiary/aromatic N) is 2. The van der Waals surface area contributed by atoms with Crippen LogP contribution in [0, 0.1) is 0 Å². The quantitative estimate of drug-likeness (QED) is 0.458. The lowest BCUT2D eigenvalue weighted by atomic mass is 10.3. The Morgan fingerprint density at radius 1 is 1.43 bits per heavy atom. The minimum atomic E-state index is 0.625. The van der Waals surface area contributed by atoms with Crippen LogP contribution < -0.4 is 4.80 Å². The van der Waals surface area contributed by atoms with E-state index in [4.69, 9.17) is 5.21 Å². The number of para-hydroxylation sites is 1. The summed E-state index contributed by atoms with van der Waals surface area (Å²) in [5.74, 6) is 0.730. The highest BCUT2D eigenvalue weighted by Crippen LogP contribution is 2.16. The molecule has 0 amide bonds. The van der Waals surface area contributed by atoms with Gasteiger partial charge < -0.3 is 9.77 Å². The van der Waals surface area contributed by atoms with E-state index in [0.717, 1.165) is 22.5 Å². The van der Waals surface area contributed by atoms with Crippen LogP contribution in [0.3, 0.4) is 0 Å². The van der Waals surface area contributed by atoms with Crippen LogP contribution in [0.25, 0.3) is 10.2 Å². The van der Waals surface area contributed by atoms with Crippen molar-refractivity contribution in [2.75, 3.05) is 5.75 Å². The molecule has 1 heterocycles. The van der Waals surface area contributed by atoms with Crippen LogP contribution in [0.4, 0.5) is 0 Å². The Balaban J connectivity index is 2.75. The molecule has 0 aliphatic heterocycles. The molecule has 2 rings (SSSR count). The molecule has 0 fully saturated rings. The molecule has 1 aromatic carbocycles. The summed E-state index contributed by atoms with van der Waals surface area (Å²) >= 11 is 5.66. The highest BCUT2D eigenvalue weighted by Gasteiger charge is 2.03. The molecule has 0 aliphatic rings. The maximum Gasteiger partial charge on any atom is 0.228 e. The van der Waals surface area contributed by atoms with Gasteiger partial charge in [-0.1, -0.05) is 28.6 Å². The zero-order valence-electron chi connectivity index (χ0n) is 7.42.